The molecule has 0 aliphatic rings. The zero-order valence-electron chi connectivity index (χ0n) is 12.3. The first-order valence-electron chi connectivity index (χ1n) is 6.98. The number of ketones is 1. The molecule has 7 nitrogen and oxygen atoms in total. The van der Waals surface area contributed by atoms with Crippen LogP contribution in [-0.2, 0) is 16.0 Å². The third-order valence-corrected chi connectivity index (χ3v) is 3.93. The van der Waals surface area contributed by atoms with Gasteiger partial charge < -0.3 is 21.9 Å². The van der Waals surface area contributed by atoms with Crippen molar-refractivity contribution in [1.82, 2.24) is 4.98 Å². The molecule has 0 aliphatic carbocycles. The average molecular weight is 334 g/mol. The Morgan fingerprint density at radius 3 is 2.57 bits per heavy atom. The highest BCUT2D eigenvalue weighted by molar-refractivity contribution is 7.13. The number of hydrogen-bond donors (Lipinski definition) is 4. The highest BCUT2D eigenvalue weighted by Gasteiger charge is 2.25. The number of nitrogens with two attached hydrogens (primary N) is 2. The molecule has 23 heavy (non-hydrogen) atoms. The third-order valence-electron chi connectivity index (χ3n) is 3.26. The Bertz CT molecular complexity index is 674. The monoisotopic (exact) mass is 334 g/mol. The number of aliphatic carboxylic acids is 1. The van der Waals surface area contributed by atoms with Gasteiger partial charge in [0, 0.05) is 11.8 Å². The molecule has 0 aliphatic heterocycles. The molecular formula is C15H18N4O3S. The fraction of sp³-hybridized carbons (Fsp3) is 0.267. The maximum atomic E-state index is 12.2. The summed E-state index contributed by atoms with van der Waals surface area (Å²) >= 11 is 1.19. The first kappa shape index (κ1) is 16.9. The van der Waals surface area contributed by atoms with Crippen molar-refractivity contribution in [3.63, 3.8) is 0 Å². The van der Waals surface area contributed by atoms with Crippen LogP contribution in [0.3, 0.4) is 0 Å². The van der Waals surface area contributed by atoms with E-state index < -0.39 is 18.1 Å². The van der Waals surface area contributed by atoms with Crippen LogP contribution in [0.5, 0.6) is 0 Å². The summed E-state index contributed by atoms with van der Waals surface area (Å²) < 4.78 is 0. The maximum Gasteiger partial charge on any atom is 0.326 e. The van der Waals surface area contributed by atoms with Crippen molar-refractivity contribution in [3.05, 3.63) is 41.3 Å². The van der Waals surface area contributed by atoms with Crippen molar-refractivity contribution in [2.45, 2.75) is 24.9 Å². The Morgan fingerprint density at radius 1 is 1.30 bits per heavy atom. The molecule has 2 aromatic rings. The summed E-state index contributed by atoms with van der Waals surface area (Å²) in [5.74, 6) is -1.13. The Hall–Kier alpha value is -2.45. The molecule has 1 unspecified atom stereocenters. The van der Waals surface area contributed by atoms with Gasteiger partial charge in [-0.1, -0.05) is 30.3 Å². The predicted molar refractivity (Wildman–Crippen MR) is 89.3 cm³/mol. The number of benzene rings is 1. The molecule has 122 valence electrons. The second-order valence-corrected chi connectivity index (χ2v) is 5.96. The minimum atomic E-state index is -1.14. The topological polar surface area (TPSA) is 131 Å². The summed E-state index contributed by atoms with van der Waals surface area (Å²) in [6.45, 7) is 0. The summed E-state index contributed by atoms with van der Waals surface area (Å²) in [7, 11) is 0. The molecule has 0 amide bonds. The van der Waals surface area contributed by atoms with Gasteiger partial charge in [0.15, 0.2) is 10.9 Å². The molecule has 0 spiro atoms. The lowest BCUT2D eigenvalue weighted by atomic mass is 9.99. The van der Waals surface area contributed by atoms with Crippen LogP contribution in [0.1, 0.15) is 12.0 Å². The molecule has 2 atom stereocenters. The number of aromatic nitrogens is 1. The zero-order chi connectivity index (χ0) is 16.8. The van der Waals surface area contributed by atoms with Gasteiger partial charge in [0.05, 0.1) is 6.04 Å². The van der Waals surface area contributed by atoms with E-state index in [-0.39, 0.29) is 12.2 Å². The Labute approximate surface area is 137 Å². The minimum Gasteiger partial charge on any atom is -0.480 e. The van der Waals surface area contributed by atoms with E-state index in [9.17, 15) is 14.7 Å². The molecule has 0 fully saturated rings. The molecule has 0 radical (unpaired) electrons. The van der Waals surface area contributed by atoms with E-state index in [1.165, 1.54) is 11.3 Å². The highest BCUT2D eigenvalue weighted by atomic mass is 32.1. The van der Waals surface area contributed by atoms with Gasteiger partial charge in [-0.05, 0) is 12.0 Å². The van der Waals surface area contributed by atoms with Crippen LogP contribution in [0.4, 0.5) is 10.9 Å². The van der Waals surface area contributed by atoms with Gasteiger partial charge in [-0.15, -0.1) is 11.3 Å². The SMILES string of the molecule is Nc1nc(N[C@@H](CC(=O)C(N)Cc2ccccc2)C(=O)O)cs1. The number of nitrogens with zero attached hydrogens (tertiary/aromatic N) is 1. The molecule has 0 bridgehead atoms. The number of carboxylic acid groups (broad SMARTS) is 1. The zero-order valence-corrected chi connectivity index (χ0v) is 13.1. The van der Waals surface area contributed by atoms with Crippen molar-refractivity contribution in [2.75, 3.05) is 11.1 Å². The van der Waals surface area contributed by atoms with E-state index >= 15 is 0 Å². The number of rotatable bonds is 8. The lowest BCUT2D eigenvalue weighted by Gasteiger charge is -2.16. The first-order chi connectivity index (χ1) is 11.0. The van der Waals surface area contributed by atoms with Gasteiger partial charge in [0.25, 0.3) is 0 Å². The molecule has 8 heteroatoms. The van der Waals surface area contributed by atoms with Gasteiger partial charge in [-0.25, -0.2) is 9.78 Å². The van der Waals surface area contributed by atoms with Crippen LogP contribution in [0.2, 0.25) is 0 Å². The van der Waals surface area contributed by atoms with Gasteiger partial charge in [-0.2, -0.15) is 0 Å². The smallest absolute Gasteiger partial charge is 0.326 e. The Kier molecular flexibility index (Phi) is 5.67. The van der Waals surface area contributed by atoms with E-state index in [1.54, 1.807) is 5.38 Å². The average Bonchev–Trinajstić information content (AvgIpc) is 2.92. The van der Waals surface area contributed by atoms with Crippen molar-refractivity contribution < 1.29 is 14.7 Å². The summed E-state index contributed by atoms with van der Waals surface area (Å²) in [5, 5.41) is 13.9. The summed E-state index contributed by atoms with van der Waals surface area (Å²) in [6.07, 6.45) is 0.149. The van der Waals surface area contributed by atoms with Crippen LogP contribution in [0.15, 0.2) is 35.7 Å². The standard InChI is InChI=1S/C15H18N4O3S/c16-10(6-9-4-2-1-3-5-9)12(20)7-11(14(21)22)18-13-8-23-15(17)19-13/h1-5,8,10-11,18H,6-7,16H2,(H2,17,19)(H,21,22)/t10?,11-/m0/s1. The van der Waals surface area contributed by atoms with Crippen molar-refractivity contribution in [3.8, 4) is 0 Å². The first-order valence-corrected chi connectivity index (χ1v) is 7.86. The van der Waals surface area contributed by atoms with Crippen LogP contribution < -0.4 is 16.8 Å². The van der Waals surface area contributed by atoms with Crippen LogP contribution in [-0.4, -0.2) is 33.9 Å². The van der Waals surface area contributed by atoms with E-state index in [4.69, 9.17) is 11.5 Å². The number of Topliss-reactive ketones (excluding diaryl/α,β-unsaturated/α-hetero) is 1. The molecule has 0 saturated carbocycles. The highest BCUT2D eigenvalue weighted by Crippen LogP contribution is 2.17. The minimum absolute atomic E-state index is 0.221. The van der Waals surface area contributed by atoms with Crippen LogP contribution in [0, 0.1) is 0 Å². The number of anilines is 2. The molecular weight excluding hydrogens is 316 g/mol. The molecule has 1 aromatic heterocycles. The summed E-state index contributed by atoms with van der Waals surface area (Å²) in [5.41, 5.74) is 12.3. The lowest BCUT2D eigenvalue weighted by molar-refractivity contribution is -0.139. The Balaban J connectivity index is 1.95. The summed E-state index contributed by atoms with van der Waals surface area (Å²) in [4.78, 5) is 27.4. The van der Waals surface area contributed by atoms with E-state index in [0.29, 0.717) is 17.4 Å². The number of carbonyl (C=O) groups is 2. The number of hydrogen-bond acceptors (Lipinski definition) is 7. The molecule has 2 rings (SSSR count). The quantitative estimate of drug-likeness (QED) is 0.569. The van der Waals surface area contributed by atoms with Crippen molar-refractivity contribution in [1.29, 1.82) is 0 Å². The largest absolute Gasteiger partial charge is 0.480 e. The van der Waals surface area contributed by atoms with E-state index in [0.717, 1.165) is 5.56 Å². The van der Waals surface area contributed by atoms with Crippen LogP contribution in [0.25, 0.3) is 0 Å². The molecule has 6 N–H and O–H groups in total. The van der Waals surface area contributed by atoms with Gasteiger partial charge in [-0.3, -0.25) is 4.79 Å². The number of nitrogens with one attached hydrogen (secondary N) is 1. The molecule has 0 saturated heterocycles. The fourth-order valence-electron chi connectivity index (χ4n) is 2.07. The van der Waals surface area contributed by atoms with Crippen molar-refractivity contribution >= 4 is 34.0 Å². The maximum absolute atomic E-state index is 12.2. The number of carboxylic acids is 1. The lowest BCUT2D eigenvalue weighted by Crippen LogP contribution is -2.39. The van der Waals surface area contributed by atoms with Gasteiger partial charge in [0.1, 0.15) is 11.9 Å². The predicted octanol–water partition coefficient (Wildman–Crippen LogP) is 1.12. The van der Waals surface area contributed by atoms with Gasteiger partial charge >= 0.3 is 5.97 Å². The molecule has 1 heterocycles. The van der Waals surface area contributed by atoms with Gasteiger partial charge in [0.2, 0.25) is 0 Å². The number of carbonyl (C=O) groups excluding carboxylic acids is 1. The molecule has 1 aromatic carbocycles. The van der Waals surface area contributed by atoms with Crippen molar-refractivity contribution in [2.24, 2.45) is 5.73 Å². The normalized spacial score (nSPS) is 13.3. The second kappa shape index (κ2) is 7.70. The van der Waals surface area contributed by atoms with E-state index in [2.05, 4.69) is 10.3 Å². The number of nitrogen functional groups attached to an aromatic ring is 1. The number of thiazole rings is 1. The fourth-order valence-corrected chi connectivity index (χ4v) is 2.57. The Morgan fingerprint density at radius 2 is 2.00 bits per heavy atom. The van der Waals surface area contributed by atoms with Crippen LogP contribution >= 0.6 is 11.3 Å². The van der Waals surface area contributed by atoms with E-state index in [1.807, 2.05) is 30.3 Å². The second-order valence-electron chi connectivity index (χ2n) is 5.07. The summed E-state index contributed by atoms with van der Waals surface area (Å²) in [6, 6.07) is 7.51. The third kappa shape index (κ3) is 5.04.